The van der Waals surface area contributed by atoms with E-state index in [0.29, 0.717) is 50.4 Å². The van der Waals surface area contributed by atoms with E-state index in [-0.39, 0.29) is 11.7 Å². The van der Waals surface area contributed by atoms with Gasteiger partial charge in [-0.2, -0.15) is 0 Å². The normalized spacial score (nSPS) is 19.4. The van der Waals surface area contributed by atoms with Crippen LogP contribution in [0.5, 0.6) is 5.75 Å². The van der Waals surface area contributed by atoms with Gasteiger partial charge in [-0.3, -0.25) is 9.59 Å². The number of Topliss-reactive ketones (excluding diaryl/α,β-unsaturated/α-hetero) is 1. The zero-order valence-electron chi connectivity index (χ0n) is 13.7. The molecule has 0 aliphatic carbocycles. The molecule has 4 nitrogen and oxygen atoms in total. The highest BCUT2D eigenvalue weighted by Crippen LogP contribution is 2.41. The molecule has 3 rings (SSSR count). The molecule has 1 saturated heterocycles. The number of piperidine rings is 1. The van der Waals surface area contributed by atoms with E-state index < -0.39 is 5.60 Å². The summed E-state index contributed by atoms with van der Waals surface area (Å²) < 4.78 is 6.30. The lowest BCUT2D eigenvalue weighted by molar-refractivity contribution is -0.134. The summed E-state index contributed by atoms with van der Waals surface area (Å²) in [5, 5.41) is 0. The van der Waals surface area contributed by atoms with Crippen LogP contribution in [0.2, 0.25) is 0 Å². The van der Waals surface area contributed by atoms with Crippen LogP contribution >= 0.6 is 11.6 Å². The number of hydrogen-bond acceptors (Lipinski definition) is 3. The van der Waals surface area contributed by atoms with Crippen molar-refractivity contribution in [3.63, 3.8) is 0 Å². The summed E-state index contributed by atoms with van der Waals surface area (Å²) >= 11 is 5.65. The van der Waals surface area contributed by atoms with Gasteiger partial charge in [-0.25, -0.2) is 0 Å². The smallest absolute Gasteiger partial charge is 0.223 e. The first kappa shape index (κ1) is 16.3. The number of halogens is 1. The lowest BCUT2D eigenvalue weighted by Gasteiger charge is -2.44. The average molecular weight is 336 g/mol. The lowest BCUT2D eigenvalue weighted by Crippen LogP contribution is -2.52. The molecule has 0 saturated carbocycles. The SMILES string of the molecule is Cc1cc(C)c2c(c1)OC1(CCN(C(=O)CCCl)CC1)CC2=O. The van der Waals surface area contributed by atoms with Gasteiger partial charge < -0.3 is 9.64 Å². The van der Waals surface area contributed by atoms with Gasteiger partial charge in [0, 0.05) is 38.2 Å². The molecule has 1 aromatic rings. The van der Waals surface area contributed by atoms with E-state index in [0.717, 1.165) is 16.7 Å². The molecule has 124 valence electrons. The number of rotatable bonds is 2. The number of benzene rings is 1. The lowest BCUT2D eigenvalue weighted by atomic mass is 9.81. The number of fused-ring (bicyclic) bond motifs is 1. The van der Waals surface area contributed by atoms with Crippen LogP contribution in [-0.2, 0) is 4.79 Å². The minimum Gasteiger partial charge on any atom is -0.486 e. The Morgan fingerprint density at radius 2 is 2.00 bits per heavy atom. The van der Waals surface area contributed by atoms with Crippen LogP contribution in [0.25, 0.3) is 0 Å². The van der Waals surface area contributed by atoms with E-state index in [4.69, 9.17) is 16.3 Å². The Labute approximate surface area is 141 Å². The summed E-state index contributed by atoms with van der Waals surface area (Å²) in [5.74, 6) is 1.30. The van der Waals surface area contributed by atoms with E-state index in [1.165, 1.54) is 0 Å². The summed E-state index contributed by atoms with van der Waals surface area (Å²) in [6, 6.07) is 3.97. The van der Waals surface area contributed by atoms with E-state index in [9.17, 15) is 9.59 Å². The van der Waals surface area contributed by atoms with Gasteiger partial charge in [0.25, 0.3) is 0 Å². The Morgan fingerprint density at radius 1 is 1.30 bits per heavy atom. The Bertz CT molecular complexity index is 648. The van der Waals surface area contributed by atoms with Gasteiger partial charge in [0.1, 0.15) is 11.4 Å². The van der Waals surface area contributed by atoms with Gasteiger partial charge in [-0.15, -0.1) is 11.6 Å². The fourth-order valence-corrected chi connectivity index (χ4v) is 3.86. The highest BCUT2D eigenvalue weighted by Gasteiger charge is 2.44. The third-order valence-corrected chi connectivity index (χ3v) is 5.06. The molecule has 5 heteroatoms. The monoisotopic (exact) mass is 335 g/mol. The maximum absolute atomic E-state index is 12.6. The number of likely N-dealkylation sites (tertiary alicyclic amines) is 1. The van der Waals surface area contributed by atoms with Gasteiger partial charge in [-0.1, -0.05) is 6.07 Å². The highest BCUT2D eigenvalue weighted by molar-refractivity contribution is 6.18. The molecule has 0 aromatic heterocycles. The number of carbonyl (C=O) groups excluding carboxylic acids is 2. The zero-order chi connectivity index (χ0) is 16.6. The van der Waals surface area contributed by atoms with Crippen LogP contribution in [0.15, 0.2) is 12.1 Å². The van der Waals surface area contributed by atoms with Crippen molar-refractivity contribution in [2.45, 2.75) is 45.1 Å². The minimum atomic E-state index is -0.456. The number of ketones is 1. The van der Waals surface area contributed by atoms with Crippen molar-refractivity contribution in [2.24, 2.45) is 0 Å². The van der Waals surface area contributed by atoms with Crippen molar-refractivity contribution in [3.05, 3.63) is 28.8 Å². The largest absolute Gasteiger partial charge is 0.486 e. The second kappa shape index (κ2) is 6.16. The fraction of sp³-hybridized carbons (Fsp3) is 0.556. The number of hydrogen-bond donors (Lipinski definition) is 0. The van der Waals surface area contributed by atoms with Crippen LogP contribution in [0.3, 0.4) is 0 Å². The number of nitrogens with zero attached hydrogens (tertiary/aromatic N) is 1. The summed E-state index contributed by atoms with van der Waals surface area (Å²) in [5.41, 5.74) is 2.35. The molecule has 2 aliphatic heterocycles. The first-order chi connectivity index (χ1) is 10.9. The first-order valence-corrected chi connectivity index (χ1v) is 8.65. The van der Waals surface area contributed by atoms with Gasteiger partial charge in [0.2, 0.25) is 5.91 Å². The molecule has 1 fully saturated rings. The van der Waals surface area contributed by atoms with Crippen LogP contribution in [0, 0.1) is 13.8 Å². The van der Waals surface area contributed by atoms with E-state index >= 15 is 0 Å². The van der Waals surface area contributed by atoms with Crippen molar-refractivity contribution in [3.8, 4) is 5.75 Å². The number of amides is 1. The summed E-state index contributed by atoms with van der Waals surface area (Å²) in [7, 11) is 0. The maximum Gasteiger partial charge on any atom is 0.223 e. The van der Waals surface area contributed by atoms with Gasteiger partial charge in [0.15, 0.2) is 5.78 Å². The molecule has 0 radical (unpaired) electrons. The molecule has 1 aromatic carbocycles. The predicted molar refractivity (Wildman–Crippen MR) is 89.4 cm³/mol. The molecule has 23 heavy (non-hydrogen) atoms. The maximum atomic E-state index is 12.6. The molecule has 1 amide bonds. The second-order valence-electron chi connectivity index (χ2n) is 6.66. The predicted octanol–water partition coefficient (Wildman–Crippen LogP) is 3.26. The Kier molecular flexibility index (Phi) is 4.37. The van der Waals surface area contributed by atoms with Gasteiger partial charge in [0.05, 0.1) is 12.0 Å². The standard InChI is InChI=1S/C18H22ClNO3/c1-12-9-13(2)17-14(21)11-18(23-15(17)10-12)4-7-20(8-5-18)16(22)3-6-19/h9-10H,3-8,11H2,1-2H3. The van der Waals surface area contributed by atoms with Crippen molar-refractivity contribution in [1.29, 1.82) is 0 Å². The minimum absolute atomic E-state index is 0.0871. The van der Waals surface area contributed by atoms with Crippen LogP contribution in [-0.4, -0.2) is 41.2 Å². The first-order valence-electron chi connectivity index (χ1n) is 8.11. The highest BCUT2D eigenvalue weighted by atomic mass is 35.5. The molecule has 1 spiro atoms. The Morgan fingerprint density at radius 3 is 2.65 bits per heavy atom. The van der Waals surface area contributed by atoms with Crippen molar-refractivity contribution >= 4 is 23.3 Å². The second-order valence-corrected chi connectivity index (χ2v) is 7.04. The molecular weight excluding hydrogens is 314 g/mol. The van der Waals surface area contributed by atoms with Gasteiger partial charge in [-0.05, 0) is 31.0 Å². The number of alkyl halides is 1. The van der Waals surface area contributed by atoms with Crippen molar-refractivity contribution < 1.29 is 14.3 Å². The molecule has 0 atom stereocenters. The molecule has 0 bridgehead atoms. The zero-order valence-corrected chi connectivity index (χ0v) is 14.4. The summed E-state index contributed by atoms with van der Waals surface area (Å²) in [6.45, 7) is 5.22. The topological polar surface area (TPSA) is 46.6 Å². The molecule has 2 aliphatic rings. The van der Waals surface area contributed by atoms with E-state index in [2.05, 4.69) is 0 Å². The number of aryl methyl sites for hydroxylation is 2. The number of ether oxygens (including phenoxy) is 1. The van der Waals surface area contributed by atoms with Gasteiger partial charge >= 0.3 is 0 Å². The van der Waals surface area contributed by atoms with E-state index in [1.807, 2.05) is 30.9 Å². The summed E-state index contributed by atoms with van der Waals surface area (Å²) in [4.78, 5) is 26.4. The Hall–Kier alpha value is -1.55. The van der Waals surface area contributed by atoms with Crippen LogP contribution < -0.4 is 4.74 Å². The fourth-order valence-electron chi connectivity index (χ4n) is 3.70. The third-order valence-electron chi connectivity index (χ3n) is 4.87. The van der Waals surface area contributed by atoms with Crippen LogP contribution in [0.1, 0.15) is 47.2 Å². The quantitative estimate of drug-likeness (QED) is 0.779. The average Bonchev–Trinajstić information content (AvgIpc) is 2.46. The van der Waals surface area contributed by atoms with Crippen molar-refractivity contribution in [2.75, 3.05) is 19.0 Å². The third kappa shape index (κ3) is 3.09. The molecule has 0 N–H and O–H groups in total. The molecule has 2 heterocycles. The van der Waals surface area contributed by atoms with Crippen LogP contribution in [0.4, 0.5) is 0 Å². The number of carbonyl (C=O) groups is 2. The summed E-state index contributed by atoms with van der Waals surface area (Å²) in [6.07, 6.45) is 2.16. The van der Waals surface area contributed by atoms with E-state index in [1.54, 1.807) is 0 Å². The molecule has 0 unspecified atom stereocenters. The molecular formula is C18H22ClNO3. The Balaban J connectivity index is 1.79. The van der Waals surface area contributed by atoms with Crippen molar-refractivity contribution in [1.82, 2.24) is 4.90 Å².